The Balaban J connectivity index is 1.93. The van der Waals surface area contributed by atoms with E-state index in [1.54, 1.807) is 6.21 Å². The Morgan fingerprint density at radius 2 is 1.69 bits per heavy atom. The van der Waals surface area contributed by atoms with Crippen molar-refractivity contribution in [3.05, 3.63) is 59.7 Å². The quantitative estimate of drug-likeness (QED) is 0.606. The maximum absolute atomic E-state index is 12.0. The smallest absolute Gasteiger partial charge is 0.277 e. The minimum atomic E-state index is -0.321. The van der Waals surface area contributed by atoms with E-state index in [9.17, 15) is 4.79 Å². The van der Waals surface area contributed by atoms with Crippen molar-refractivity contribution in [2.24, 2.45) is 5.10 Å². The number of amides is 1. The normalized spacial score (nSPS) is 11.4. The van der Waals surface area contributed by atoms with E-state index in [-0.39, 0.29) is 17.9 Å². The number of ether oxygens (including phenoxy) is 2. The molecule has 0 atom stereocenters. The van der Waals surface area contributed by atoms with Gasteiger partial charge in [0.25, 0.3) is 5.91 Å². The minimum Gasteiger partial charge on any atom is -0.493 e. The van der Waals surface area contributed by atoms with Crippen LogP contribution >= 0.6 is 0 Å². The highest BCUT2D eigenvalue weighted by atomic mass is 16.5. The number of rotatable bonds is 7. The molecule has 2 rings (SSSR count). The number of nitrogens with zero attached hydrogens (tertiary/aromatic N) is 1. The second kappa shape index (κ2) is 9.04. The van der Waals surface area contributed by atoms with Crippen LogP contribution in [0.2, 0.25) is 0 Å². The Morgan fingerprint density at radius 3 is 2.38 bits per heavy atom. The first-order valence-corrected chi connectivity index (χ1v) is 8.68. The number of benzene rings is 2. The number of hydrazone groups is 1. The molecular formula is C21H26N2O3. The maximum atomic E-state index is 12.0. The molecule has 0 aromatic heterocycles. The molecule has 0 aliphatic carbocycles. The van der Waals surface area contributed by atoms with E-state index < -0.39 is 0 Å². The number of carbonyl (C=O) groups is 1. The van der Waals surface area contributed by atoms with Crippen molar-refractivity contribution in [3.8, 4) is 11.5 Å². The van der Waals surface area contributed by atoms with Gasteiger partial charge >= 0.3 is 0 Å². The number of hydrogen-bond donors (Lipinski definition) is 1. The fraction of sp³-hybridized carbons (Fsp3) is 0.333. The molecule has 0 aliphatic rings. The van der Waals surface area contributed by atoms with Crippen LogP contribution in [0, 0.1) is 0 Å². The molecule has 0 saturated carbocycles. The fourth-order valence-corrected chi connectivity index (χ4v) is 2.44. The molecule has 1 amide bonds. The van der Waals surface area contributed by atoms with Crippen molar-refractivity contribution in [1.82, 2.24) is 5.43 Å². The molecule has 0 unspecified atom stereocenters. The van der Waals surface area contributed by atoms with Gasteiger partial charge in [-0.1, -0.05) is 51.1 Å². The second-order valence-corrected chi connectivity index (χ2v) is 6.80. The molecular weight excluding hydrogens is 328 g/mol. The van der Waals surface area contributed by atoms with Crippen molar-refractivity contribution >= 4 is 12.1 Å². The van der Waals surface area contributed by atoms with Crippen LogP contribution in [-0.4, -0.2) is 25.3 Å². The van der Waals surface area contributed by atoms with Crippen LogP contribution in [0.25, 0.3) is 0 Å². The zero-order valence-corrected chi connectivity index (χ0v) is 15.8. The summed E-state index contributed by atoms with van der Waals surface area (Å²) in [4.78, 5) is 12.0. The number of nitrogens with one attached hydrogen (secondary N) is 1. The van der Waals surface area contributed by atoms with E-state index in [0.29, 0.717) is 12.4 Å². The fourth-order valence-electron chi connectivity index (χ4n) is 2.44. The molecule has 0 fully saturated rings. The Kier molecular flexibility index (Phi) is 6.78. The van der Waals surface area contributed by atoms with Crippen LogP contribution in [-0.2, 0) is 10.2 Å². The topological polar surface area (TPSA) is 59.9 Å². The third kappa shape index (κ3) is 5.62. The summed E-state index contributed by atoms with van der Waals surface area (Å²) >= 11 is 0. The molecule has 0 bridgehead atoms. The Morgan fingerprint density at radius 1 is 1.04 bits per heavy atom. The molecule has 5 heteroatoms. The summed E-state index contributed by atoms with van der Waals surface area (Å²) in [6.45, 7) is 8.71. The number of hydrogen-bond acceptors (Lipinski definition) is 4. The molecule has 5 nitrogen and oxygen atoms in total. The number of para-hydroxylation sites is 2. The largest absolute Gasteiger partial charge is 0.493 e. The molecule has 0 aliphatic heterocycles. The van der Waals surface area contributed by atoms with Gasteiger partial charge < -0.3 is 9.47 Å². The van der Waals surface area contributed by atoms with E-state index in [1.807, 2.05) is 55.5 Å². The lowest BCUT2D eigenvalue weighted by Gasteiger charge is -2.22. The van der Waals surface area contributed by atoms with Crippen molar-refractivity contribution in [2.75, 3.05) is 13.2 Å². The van der Waals surface area contributed by atoms with Gasteiger partial charge in [-0.15, -0.1) is 0 Å². The summed E-state index contributed by atoms with van der Waals surface area (Å²) < 4.78 is 11.2. The SMILES string of the molecule is CCOc1ccccc1/C=N/NC(=O)COc1ccccc1C(C)(C)C. The zero-order chi connectivity index (χ0) is 19.0. The highest BCUT2D eigenvalue weighted by Crippen LogP contribution is 2.30. The van der Waals surface area contributed by atoms with Crippen LogP contribution in [0.15, 0.2) is 53.6 Å². The van der Waals surface area contributed by atoms with Crippen LogP contribution in [0.3, 0.4) is 0 Å². The summed E-state index contributed by atoms with van der Waals surface area (Å²) in [5.41, 5.74) is 4.27. The first kappa shape index (κ1) is 19.5. The molecule has 0 heterocycles. The van der Waals surface area contributed by atoms with Crippen molar-refractivity contribution in [1.29, 1.82) is 0 Å². The summed E-state index contributed by atoms with van der Waals surface area (Å²) in [7, 11) is 0. The van der Waals surface area contributed by atoms with E-state index >= 15 is 0 Å². The Hall–Kier alpha value is -2.82. The summed E-state index contributed by atoms with van der Waals surface area (Å²) in [6.07, 6.45) is 1.56. The van der Waals surface area contributed by atoms with Gasteiger partial charge in [-0.25, -0.2) is 5.43 Å². The molecule has 26 heavy (non-hydrogen) atoms. The highest BCUT2D eigenvalue weighted by molar-refractivity contribution is 5.85. The van der Waals surface area contributed by atoms with Crippen molar-refractivity contribution < 1.29 is 14.3 Å². The van der Waals surface area contributed by atoms with Crippen LogP contribution in [0.5, 0.6) is 11.5 Å². The highest BCUT2D eigenvalue weighted by Gasteiger charge is 2.18. The molecule has 0 spiro atoms. The Bertz CT molecular complexity index is 764. The molecule has 0 radical (unpaired) electrons. The monoisotopic (exact) mass is 354 g/mol. The van der Waals surface area contributed by atoms with Gasteiger partial charge in [0, 0.05) is 5.56 Å². The van der Waals surface area contributed by atoms with Crippen LogP contribution in [0.4, 0.5) is 0 Å². The van der Waals surface area contributed by atoms with Crippen molar-refractivity contribution in [3.63, 3.8) is 0 Å². The predicted octanol–water partition coefficient (Wildman–Crippen LogP) is 3.91. The van der Waals surface area contributed by atoms with Gasteiger partial charge in [-0.3, -0.25) is 4.79 Å². The summed E-state index contributed by atoms with van der Waals surface area (Å²) in [5, 5.41) is 3.98. The molecule has 2 aromatic rings. The maximum Gasteiger partial charge on any atom is 0.277 e. The van der Waals surface area contributed by atoms with E-state index in [0.717, 1.165) is 16.9 Å². The van der Waals surface area contributed by atoms with Gasteiger partial charge in [0.1, 0.15) is 11.5 Å². The first-order valence-electron chi connectivity index (χ1n) is 8.68. The summed E-state index contributed by atoms with van der Waals surface area (Å²) in [5.74, 6) is 1.11. The van der Waals surface area contributed by atoms with E-state index in [4.69, 9.17) is 9.47 Å². The molecule has 1 N–H and O–H groups in total. The Labute approximate surface area is 155 Å². The van der Waals surface area contributed by atoms with Crippen LogP contribution < -0.4 is 14.9 Å². The van der Waals surface area contributed by atoms with E-state index in [2.05, 4.69) is 31.3 Å². The lowest BCUT2D eigenvalue weighted by Crippen LogP contribution is -2.25. The summed E-state index contributed by atoms with van der Waals surface area (Å²) in [6, 6.07) is 15.3. The lowest BCUT2D eigenvalue weighted by molar-refractivity contribution is -0.123. The van der Waals surface area contributed by atoms with Gasteiger partial charge in [0.2, 0.25) is 0 Å². The van der Waals surface area contributed by atoms with Gasteiger partial charge in [-0.05, 0) is 36.1 Å². The number of carbonyl (C=O) groups excluding carboxylic acids is 1. The van der Waals surface area contributed by atoms with E-state index in [1.165, 1.54) is 0 Å². The molecule has 138 valence electrons. The molecule has 2 aromatic carbocycles. The predicted molar refractivity (Wildman–Crippen MR) is 104 cm³/mol. The second-order valence-electron chi connectivity index (χ2n) is 6.80. The molecule has 0 saturated heterocycles. The van der Waals surface area contributed by atoms with Crippen molar-refractivity contribution in [2.45, 2.75) is 33.1 Å². The van der Waals surface area contributed by atoms with Gasteiger partial charge in [-0.2, -0.15) is 5.10 Å². The van der Waals surface area contributed by atoms with Gasteiger partial charge in [0.15, 0.2) is 6.61 Å². The van der Waals surface area contributed by atoms with Gasteiger partial charge in [0.05, 0.1) is 12.8 Å². The third-order valence-corrected chi connectivity index (χ3v) is 3.67. The average molecular weight is 354 g/mol. The lowest BCUT2D eigenvalue weighted by atomic mass is 9.86. The third-order valence-electron chi connectivity index (χ3n) is 3.67. The average Bonchev–Trinajstić information content (AvgIpc) is 2.61. The zero-order valence-electron chi connectivity index (χ0n) is 15.8. The standard InChI is InChI=1S/C21H26N2O3/c1-5-25-18-12-8-6-10-16(18)14-22-23-20(24)15-26-19-13-9-7-11-17(19)21(2,3)4/h6-14H,5,15H2,1-4H3,(H,23,24)/b22-14+. The first-order chi connectivity index (χ1) is 12.4. The minimum absolute atomic E-state index is 0.0613. The van der Waals surface area contributed by atoms with Crippen LogP contribution in [0.1, 0.15) is 38.8 Å².